The Morgan fingerprint density at radius 2 is 2.22 bits per heavy atom. The molecule has 18 heavy (non-hydrogen) atoms. The van der Waals surface area contributed by atoms with Crippen molar-refractivity contribution in [3.8, 4) is 11.3 Å². The minimum Gasteiger partial charge on any atom is -0.341 e. The molecule has 2 rings (SSSR count). The van der Waals surface area contributed by atoms with Gasteiger partial charge in [0.15, 0.2) is 0 Å². The number of H-pyrrole nitrogens is 1. The molecule has 96 valence electrons. The summed E-state index contributed by atoms with van der Waals surface area (Å²) in [7, 11) is 0. The van der Waals surface area contributed by atoms with Crippen molar-refractivity contribution in [1.29, 1.82) is 0 Å². The molecule has 2 aromatic rings. The van der Waals surface area contributed by atoms with Gasteiger partial charge in [-0.1, -0.05) is 37.6 Å². The number of hydrogen-bond donors (Lipinski definition) is 2. The van der Waals surface area contributed by atoms with E-state index in [1.165, 1.54) is 0 Å². The summed E-state index contributed by atoms with van der Waals surface area (Å²) in [5.74, 6) is 1.60. The van der Waals surface area contributed by atoms with Crippen LogP contribution in [0.5, 0.6) is 0 Å². The molecule has 1 heterocycles. The highest BCUT2D eigenvalue weighted by atomic mass is 35.5. The monoisotopic (exact) mass is 263 g/mol. The molecule has 1 aromatic heterocycles. The third-order valence-corrected chi connectivity index (χ3v) is 2.84. The van der Waals surface area contributed by atoms with Crippen LogP contribution in [0.1, 0.15) is 19.7 Å². The van der Waals surface area contributed by atoms with E-state index in [4.69, 9.17) is 11.6 Å². The van der Waals surface area contributed by atoms with Crippen LogP contribution in [0, 0.1) is 5.92 Å². The van der Waals surface area contributed by atoms with Gasteiger partial charge in [0.05, 0.1) is 18.4 Å². The number of halogens is 1. The van der Waals surface area contributed by atoms with E-state index in [9.17, 15) is 0 Å². The van der Waals surface area contributed by atoms with Gasteiger partial charge in [-0.3, -0.25) is 0 Å². The topological polar surface area (TPSA) is 40.7 Å². The summed E-state index contributed by atoms with van der Waals surface area (Å²) in [6, 6.07) is 7.76. The maximum Gasteiger partial charge on any atom is 0.120 e. The molecule has 0 unspecified atom stereocenters. The van der Waals surface area contributed by atoms with Crippen molar-refractivity contribution in [2.45, 2.75) is 20.4 Å². The Labute approximate surface area is 113 Å². The van der Waals surface area contributed by atoms with Crippen molar-refractivity contribution in [3.05, 3.63) is 41.3 Å². The number of rotatable bonds is 5. The van der Waals surface area contributed by atoms with Gasteiger partial charge in [-0.2, -0.15) is 0 Å². The van der Waals surface area contributed by atoms with Gasteiger partial charge >= 0.3 is 0 Å². The first-order valence-corrected chi connectivity index (χ1v) is 6.53. The van der Waals surface area contributed by atoms with Crippen LogP contribution in [0.15, 0.2) is 30.5 Å². The number of nitrogens with one attached hydrogen (secondary N) is 2. The summed E-state index contributed by atoms with van der Waals surface area (Å²) in [5.41, 5.74) is 2.06. The van der Waals surface area contributed by atoms with Crippen molar-refractivity contribution in [3.63, 3.8) is 0 Å². The maximum absolute atomic E-state index is 5.97. The second kappa shape index (κ2) is 6.03. The Morgan fingerprint density at radius 1 is 1.39 bits per heavy atom. The van der Waals surface area contributed by atoms with Crippen LogP contribution in [0.2, 0.25) is 5.02 Å². The highest BCUT2D eigenvalue weighted by Gasteiger charge is 2.03. The van der Waals surface area contributed by atoms with Crippen molar-refractivity contribution in [2.24, 2.45) is 5.92 Å². The van der Waals surface area contributed by atoms with Crippen LogP contribution < -0.4 is 5.32 Å². The molecule has 1 aromatic carbocycles. The highest BCUT2D eigenvalue weighted by Crippen LogP contribution is 2.20. The van der Waals surface area contributed by atoms with Gasteiger partial charge in [0.1, 0.15) is 5.82 Å². The lowest BCUT2D eigenvalue weighted by Crippen LogP contribution is -2.19. The van der Waals surface area contributed by atoms with Crippen LogP contribution in [-0.4, -0.2) is 16.5 Å². The maximum atomic E-state index is 5.97. The van der Waals surface area contributed by atoms with E-state index in [1.807, 2.05) is 30.5 Å². The molecule has 0 aliphatic heterocycles. The average Bonchev–Trinajstić information content (AvgIpc) is 2.77. The van der Waals surface area contributed by atoms with Crippen molar-refractivity contribution >= 4 is 11.6 Å². The molecule has 0 fully saturated rings. The molecule has 0 saturated heterocycles. The van der Waals surface area contributed by atoms with Crippen LogP contribution >= 0.6 is 11.6 Å². The van der Waals surface area contributed by atoms with Crippen LogP contribution in [0.4, 0.5) is 0 Å². The van der Waals surface area contributed by atoms with E-state index >= 15 is 0 Å². The summed E-state index contributed by atoms with van der Waals surface area (Å²) in [6.45, 7) is 6.13. The van der Waals surface area contributed by atoms with Gasteiger partial charge in [0.25, 0.3) is 0 Å². The zero-order valence-corrected chi connectivity index (χ0v) is 11.5. The summed E-state index contributed by atoms with van der Waals surface area (Å²) < 4.78 is 0. The highest BCUT2D eigenvalue weighted by molar-refractivity contribution is 6.30. The zero-order valence-electron chi connectivity index (χ0n) is 10.7. The van der Waals surface area contributed by atoms with Gasteiger partial charge in [-0.15, -0.1) is 0 Å². The number of imidazole rings is 1. The zero-order chi connectivity index (χ0) is 13.0. The van der Waals surface area contributed by atoms with Crippen molar-refractivity contribution in [2.75, 3.05) is 6.54 Å². The van der Waals surface area contributed by atoms with E-state index in [2.05, 4.69) is 29.1 Å². The molecule has 0 spiro atoms. The average molecular weight is 264 g/mol. The van der Waals surface area contributed by atoms with Crippen molar-refractivity contribution < 1.29 is 0 Å². The van der Waals surface area contributed by atoms with E-state index in [1.54, 1.807) is 0 Å². The Balaban J connectivity index is 2.02. The number of aromatic amines is 1. The molecular formula is C14H18ClN3. The molecule has 2 N–H and O–H groups in total. The van der Waals surface area contributed by atoms with E-state index in [-0.39, 0.29) is 0 Å². The second-order valence-corrected chi connectivity index (χ2v) is 5.22. The Kier molecular flexibility index (Phi) is 4.39. The van der Waals surface area contributed by atoms with Gasteiger partial charge in [-0.25, -0.2) is 4.98 Å². The van der Waals surface area contributed by atoms with Gasteiger partial charge in [0.2, 0.25) is 0 Å². The largest absolute Gasteiger partial charge is 0.341 e. The third kappa shape index (κ3) is 3.59. The Hall–Kier alpha value is -1.32. The normalized spacial score (nSPS) is 11.1. The van der Waals surface area contributed by atoms with Gasteiger partial charge in [0, 0.05) is 10.6 Å². The van der Waals surface area contributed by atoms with Gasteiger partial charge in [-0.05, 0) is 24.6 Å². The quantitative estimate of drug-likeness (QED) is 0.867. The van der Waals surface area contributed by atoms with E-state index < -0.39 is 0 Å². The number of benzene rings is 1. The Morgan fingerprint density at radius 3 is 2.94 bits per heavy atom. The third-order valence-electron chi connectivity index (χ3n) is 2.61. The minimum atomic E-state index is 0.646. The van der Waals surface area contributed by atoms with Crippen LogP contribution in [0.3, 0.4) is 0 Å². The smallest absolute Gasteiger partial charge is 0.120 e. The summed E-state index contributed by atoms with van der Waals surface area (Å²) in [4.78, 5) is 7.66. The SMILES string of the molecule is CC(C)CNCc1ncc(-c2cccc(Cl)c2)[nH]1. The lowest BCUT2D eigenvalue weighted by Gasteiger charge is -2.05. The van der Waals surface area contributed by atoms with Crippen LogP contribution in [-0.2, 0) is 6.54 Å². The molecule has 0 amide bonds. The first-order chi connectivity index (χ1) is 8.65. The number of aromatic nitrogens is 2. The molecule has 4 heteroatoms. The lowest BCUT2D eigenvalue weighted by atomic mass is 10.2. The fourth-order valence-electron chi connectivity index (χ4n) is 1.73. The Bertz CT molecular complexity index is 505. The first-order valence-electron chi connectivity index (χ1n) is 6.15. The summed E-state index contributed by atoms with van der Waals surface area (Å²) >= 11 is 5.97. The number of nitrogens with zero attached hydrogens (tertiary/aromatic N) is 1. The summed E-state index contributed by atoms with van der Waals surface area (Å²) in [6.07, 6.45) is 1.85. The first kappa shape index (κ1) is 13.1. The molecule has 0 bridgehead atoms. The lowest BCUT2D eigenvalue weighted by molar-refractivity contribution is 0.545. The van der Waals surface area contributed by atoms with Gasteiger partial charge < -0.3 is 10.3 Å². The molecule has 0 radical (unpaired) electrons. The number of hydrogen-bond acceptors (Lipinski definition) is 2. The van der Waals surface area contributed by atoms with E-state index in [0.717, 1.165) is 35.2 Å². The second-order valence-electron chi connectivity index (χ2n) is 4.78. The predicted molar refractivity (Wildman–Crippen MR) is 75.6 cm³/mol. The molecule has 3 nitrogen and oxygen atoms in total. The fourth-order valence-corrected chi connectivity index (χ4v) is 1.92. The van der Waals surface area contributed by atoms with Crippen LogP contribution in [0.25, 0.3) is 11.3 Å². The predicted octanol–water partition coefficient (Wildman–Crippen LogP) is 3.48. The molecular weight excluding hydrogens is 246 g/mol. The molecule has 0 saturated carbocycles. The molecule has 0 aliphatic carbocycles. The summed E-state index contributed by atoms with van der Waals surface area (Å²) in [5, 5.41) is 4.10. The van der Waals surface area contributed by atoms with E-state index in [0.29, 0.717) is 5.92 Å². The fraction of sp³-hybridized carbons (Fsp3) is 0.357. The molecule has 0 atom stereocenters. The molecule has 0 aliphatic rings. The standard InChI is InChI=1S/C14H18ClN3/c1-10(2)7-16-9-14-17-8-13(18-14)11-4-3-5-12(15)6-11/h3-6,8,10,16H,7,9H2,1-2H3,(H,17,18). The van der Waals surface area contributed by atoms with Crippen molar-refractivity contribution in [1.82, 2.24) is 15.3 Å². The minimum absolute atomic E-state index is 0.646.